The Balaban J connectivity index is 2.57. The number of benzene rings is 1. The van der Waals surface area contributed by atoms with Crippen molar-refractivity contribution in [2.24, 2.45) is 0 Å². The molecule has 0 saturated carbocycles. The number of nitrogens with one attached hydrogen (secondary N) is 1. The first-order valence-electron chi connectivity index (χ1n) is 4.67. The quantitative estimate of drug-likeness (QED) is 0.822. The van der Waals surface area contributed by atoms with Gasteiger partial charge >= 0.3 is 0 Å². The Morgan fingerprint density at radius 1 is 1.47 bits per heavy atom. The molecule has 0 aliphatic rings. The van der Waals surface area contributed by atoms with Crippen molar-refractivity contribution in [1.29, 1.82) is 0 Å². The Bertz CT molecular complexity index is 324. The maximum atomic E-state index is 12.6. The van der Waals surface area contributed by atoms with Crippen LogP contribution in [0.4, 0.5) is 4.39 Å². The molecule has 3 nitrogen and oxygen atoms in total. The fourth-order valence-electron chi connectivity index (χ4n) is 1.25. The van der Waals surface area contributed by atoms with E-state index in [0.717, 1.165) is 5.56 Å². The summed E-state index contributed by atoms with van der Waals surface area (Å²) in [5.74, 6) is -0.469. The van der Waals surface area contributed by atoms with Crippen molar-refractivity contribution in [3.05, 3.63) is 35.6 Å². The third kappa shape index (κ3) is 3.67. The molecule has 1 aromatic rings. The van der Waals surface area contributed by atoms with Gasteiger partial charge in [-0.15, -0.1) is 0 Å². The molecule has 1 N–H and O–H groups in total. The van der Waals surface area contributed by atoms with Crippen LogP contribution in [0.2, 0.25) is 0 Å². The summed E-state index contributed by atoms with van der Waals surface area (Å²) in [6.45, 7) is 1.87. The molecule has 0 radical (unpaired) electrons. The molecule has 0 unspecified atom stereocenters. The molecule has 15 heavy (non-hydrogen) atoms. The third-order valence-electron chi connectivity index (χ3n) is 2.02. The van der Waals surface area contributed by atoms with Gasteiger partial charge in [0.25, 0.3) is 0 Å². The van der Waals surface area contributed by atoms with E-state index >= 15 is 0 Å². The van der Waals surface area contributed by atoms with Crippen molar-refractivity contribution in [2.75, 3.05) is 13.7 Å². The van der Waals surface area contributed by atoms with E-state index in [1.165, 1.54) is 19.2 Å². The number of methoxy groups -OCH3 is 1. The van der Waals surface area contributed by atoms with E-state index in [9.17, 15) is 9.18 Å². The first-order valence-corrected chi connectivity index (χ1v) is 4.67. The second-order valence-corrected chi connectivity index (χ2v) is 3.27. The van der Waals surface area contributed by atoms with E-state index in [2.05, 4.69) is 10.1 Å². The van der Waals surface area contributed by atoms with Gasteiger partial charge in [-0.3, -0.25) is 4.79 Å². The minimum Gasteiger partial charge on any atom is -0.375 e. The predicted molar refractivity (Wildman–Crippen MR) is 54.8 cm³/mol. The number of carbonyl (C=O) groups is 1. The zero-order valence-corrected chi connectivity index (χ0v) is 8.79. The fraction of sp³-hybridized carbons (Fsp3) is 0.364. The molecule has 82 valence electrons. The van der Waals surface area contributed by atoms with Crippen LogP contribution in [-0.2, 0) is 9.53 Å². The highest BCUT2D eigenvalue weighted by Crippen LogP contribution is 2.12. The van der Waals surface area contributed by atoms with Crippen LogP contribution in [0, 0.1) is 5.82 Å². The zero-order chi connectivity index (χ0) is 11.3. The molecule has 1 rings (SSSR count). The summed E-state index contributed by atoms with van der Waals surface area (Å²) in [5.41, 5.74) is 0.862. The fourth-order valence-corrected chi connectivity index (χ4v) is 1.25. The van der Waals surface area contributed by atoms with Gasteiger partial charge in [0, 0.05) is 7.11 Å². The Morgan fingerprint density at radius 3 is 2.60 bits per heavy atom. The normalized spacial score (nSPS) is 12.2. The summed E-state index contributed by atoms with van der Waals surface area (Å²) in [4.78, 5) is 11.2. The minimum atomic E-state index is -0.283. The van der Waals surface area contributed by atoms with Gasteiger partial charge in [0.1, 0.15) is 12.4 Å². The molecule has 0 aliphatic heterocycles. The summed E-state index contributed by atoms with van der Waals surface area (Å²) in [7, 11) is 1.46. The molecule has 4 heteroatoms. The van der Waals surface area contributed by atoms with Gasteiger partial charge in [-0.05, 0) is 24.6 Å². The van der Waals surface area contributed by atoms with Crippen LogP contribution >= 0.6 is 0 Å². The number of hydrogen-bond acceptors (Lipinski definition) is 2. The van der Waals surface area contributed by atoms with E-state index in [4.69, 9.17) is 0 Å². The van der Waals surface area contributed by atoms with Gasteiger partial charge in [0.2, 0.25) is 5.91 Å². The Labute approximate surface area is 88.2 Å². The van der Waals surface area contributed by atoms with E-state index in [1.807, 2.05) is 6.92 Å². The van der Waals surface area contributed by atoms with Crippen molar-refractivity contribution >= 4 is 5.91 Å². The lowest BCUT2D eigenvalue weighted by Gasteiger charge is -2.13. The summed E-state index contributed by atoms with van der Waals surface area (Å²) in [5, 5.41) is 2.73. The van der Waals surface area contributed by atoms with Crippen LogP contribution in [0.25, 0.3) is 0 Å². The molecule has 0 aromatic heterocycles. The van der Waals surface area contributed by atoms with Gasteiger partial charge in [-0.25, -0.2) is 4.39 Å². The summed E-state index contributed by atoms with van der Waals surface area (Å²) in [6.07, 6.45) is 0. The molecule has 1 amide bonds. The lowest BCUT2D eigenvalue weighted by atomic mass is 10.1. The van der Waals surface area contributed by atoms with Crippen LogP contribution < -0.4 is 5.32 Å². The number of carbonyl (C=O) groups excluding carboxylic acids is 1. The maximum Gasteiger partial charge on any atom is 0.246 e. The van der Waals surface area contributed by atoms with E-state index in [1.54, 1.807) is 12.1 Å². The molecule has 0 saturated heterocycles. The Morgan fingerprint density at radius 2 is 2.07 bits per heavy atom. The van der Waals surface area contributed by atoms with Crippen LogP contribution in [0.5, 0.6) is 0 Å². The van der Waals surface area contributed by atoms with Crippen LogP contribution in [0.1, 0.15) is 18.5 Å². The average Bonchev–Trinajstić information content (AvgIpc) is 2.18. The summed E-state index contributed by atoms with van der Waals surface area (Å²) < 4.78 is 17.3. The monoisotopic (exact) mass is 211 g/mol. The minimum absolute atomic E-state index is 0.0333. The van der Waals surface area contributed by atoms with E-state index < -0.39 is 0 Å². The van der Waals surface area contributed by atoms with Crippen molar-refractivity contribution in [3.8, 4) is 0 Å². The first-order chi connectivity index (χ1) is 7.13. The molecule has 0 fully saturated rings. The molecule has 1 aromatic carbocycles. The van der Waals surface area contributed by atoms with Crippen molar-refractivity contribution in [3.63, 3.8) is 0 Å². The number of rotatable bonds is 4. The van der Waals surface area contributed by atoms with Crippen LogP contribution in [0.3, 0.4) is 0 Å². The second-order valence-electron chi connectivity index (χ2n) is 3.27. The zero-order valence-electron chi connectivity index (χ0n) is 8.79. The van der Waals surface area contributed by atoms with Crippen molar-refractivity contribution < 1.29 is 13.9 Å². The van der Waals surface area contributed by atoms with Gasteiger partial charge in [0.05, 0.1) is 6.04 Å². The lowest BCUT2D eigenvalue weighted by Crippen LogP contribution is -2.29. The molecule has 0 spiro atoms. The predicted octanol–water partition coefficient (Wildman–Crippen LogP) is 1.65. The molecule has 0 heterocycles. The highest BCUT2D eigenvalue weighted by Gasteiger charge is 2.08. The maximum absolute atomic E-state index is 12.6. The highest BCUT2D eigenvalue weighted by atomic mass is 19.1. The molecule has 0 bridgehead atoms. The van der Waals surface area contributed by atoms with Gasteiger partial charge in [-0.1, -0.05) is 12.1 Å². The third-order valence-corrected chi connectivity index (χ3v) is 2.02. The molecule has 0 aliphatic carbocycles. The summed E-state index contributed by atoms with van der Waals surface area (Å²) in [6, 6.07) is 5.89. The van der Waals surface area contributed by atoms with Crippen molar-refractivity contribution in [2.45, 2.75) is 13.0 Å². The van der Waals surface area contributed by atoms with E-state index in [0.29, 0.717) is 0 Å². The smallest absolute Gasteiger partial charge is 0.246 e. The first kappa shape index (κ1) is 11.7. The number of amides is 1. The molecular formula is C11H14FNO2. The van der Waals surface area contributed by atoms with Crippen LogP contribution in [0.15, 0.2) is 24.3 Å². The standard InChI is InChI=1S/C11H14FNO2/c1-8(13-11(14)7-15-2)9-3-5-10(12)6-4-9/h3-6,8H,7H2,1-2H3,(H,13,14)/t8-/m0/s1. The Kier molecular flexibility index (Phi) is 4.24. The largest absolute Gasteiger partial charge is 0.375 e. The summed E-state index contributed by atoms with van der Waals surface area (Å²) >= 11 is 0. The average molecular weight is 211 g/mol. The molecular weight excluding hydrogens is 197 g/mol. The SMILES string of the molecule is COCC(=O)N[C@@H](C)c1ccc(F)cc1. The van der Waals surface area contributed by atoms with Crippen molar-refractivity contribution in [1.82, 2.24) is 5.32 Å². The number of ether oxygens (including phenoxy) is 1. The highest BCUT2D eigenvalue weighted by molar-refractivity contribution is 5.77. The topological polar surface area (TPSA) is 38.3 Å². The van der Waals surface area contributed by atoms with E-state index in [-0.39, 0.29) is 24.4 Å². The van der Waals surface area contributed by atoms with Gasteiger partial charge in [-0.2, -0.15) is 0 Å². The number of hydrogen-bond donors (Lipinski definition) is 1. The molecule has 1 atom stereocenters. The Hall–Kier alpha value is -1.42. The second kappa shape index (κ2) is 5.46. The van der Waals surface area contributed by atoms with Crippen LogP contribution in [-0.4, -0.2) is 19.6 Å². The van der Waals surface area contributed by atoms with Gasteiger partial charge < -0.3 is 10.1 Å². The number of halogens is 1. The lowest BCUT2D eigenvalue weighted by molar-refractivity contribution is -0.125. The van der Waals surface area contributed by atoms with Gasteiger partial charge in [0.15, 0.2) is 0 Å².